The quantitative estimate of drug-likeness (QED) is 0.0198. The van der Waals surface area contributed by atoms with Gasteiger partial charge in [-0.25, -0.2) is 0 Å². The van der Waals surface area contributed by atoms with Gasteiger partial charge in [-0.2, -0.15) is 8.42 Å². The second kappa shape index (κ2) is 38.8. The number of unbranched alkanes of at least 4 members (excludes halogenated alkanes) is 17. The van der Waals surface area contributed by atoms with E-state index in [0.717, 1.165) is 51.4 Å². The number of rotatable bonds is 39. The maximum absolute atomic E-state index is 12.8. The normalized spacial score (nSPS) is 20.4. The second-order valence-corrected chi connectivity index (χ2v) is 17.9. The topological polar surface area (TPSA) is 186 Å². The SMILES string of the molecule is CCCCC/C=C/C/C=C/C/C=C/C/C=C/CCCCCC(=O)OC[C@H](CO[C@H]1O[C@H](CS(=O)(=O)O)[C@@H](O)C(O)C1O)OC(=O)CC/C=C/CCCCCCCCCCCCC. The van der Waals surface area contributed by atoms with Crippen molar-refractivity contribution in [3.8, 4) is 0 Å². The molecule has 62 heavy (non-hydrogen) atoms. The molecule has 1 fully saturated rings. The van der Waals surface area contributed by atoms with Crippen LogP contribution in [0.4, 0.5) is 0 Å². The first-order valence-electron chi connectivity index (χ1n) is 23.8. The van der Waals surface area contributed by atoms with Crippen molar-refractivity contribution >= 4 is 22.1 Å². The van der Waals surface area contributed by atoms with Gasteiger partial charge in [-0.05, 0) is 70.6 Å². The summed E-state index contributed by atoms with van der Waals surface area (Å²) in [6, 6.07) is 0. The lowest BCUT2D eigenvalue weighted by atomic mass is 10.00. The highest BCUT2D eigenvalue weighted by Crippen LogP contribution is 2.24. The average Bonchev–Trinajstić information content (AvgIpc) is 3.24. The maximum Gasteiger partial charge on any atom is 0.306 e. The van der Waals surface area contributed by atoms with E-state index >= 15 is 0 Å². The van der Waals surface area contributed by atoms with Crippen LogP contribution in [0.5, 0.6) is 0 Å². The number of aliphatic hydroxyl groups is 3. The van der Waals surface area contributed by atoms with Crippen molar-refractivity contribution in [2.45, 2.75) is 218 Å². The van der Waals surface area contributed by atoms with Crippen LogP contribution in [0.1, 0.15) is 181 Å². The van der Waals surface area contributed by atoms with Gasteiger partial charge in [0.15, 0.2) is 12.4 Å². The van der Waals surface area contributed by atoms with Crippen LogP contribution in [0, 0.1) is 0 Å². The minimum absolute atomic E-state index is 0.0720. The molecule has 0 amide bonds. The van der Waals surface area contributed by atoms with Crippen LogP contribution in [0.15, 0.2) is 60.8 Å². The maximum atomic E-state index is 12.8. The van der Waals surface area contributed by atoms with Gasteiger partial charge in [0, 0.05) is 12.8 Å². The molecule has 0 spiro atoms. The zero-order chi connectivity index (χ0) is 45.5. The van der Waals surface area contributed by atoms with Gasteiger partial charge >= 0.3 is 11.9 Å². The molecule has 1 aliphatic heterocycles. The zero-order valence-corrected chi connectivity index (χ0v) is 39.0. The van der Waals surface area contributed by atoms with Gasteiger partial charge in [0.05, 0.1) is 6.61 Å². The number of hydrogen-bond donors (Lipinski definition) is 4. The summed E-state index contributed by atoms with van der Waals surface area (Å²) in [5, 5.41) is 30.9. The standard InChI is InChI=1S/C49H84O12S/c1-3-5-7-9-11-13-15-17-19-20-21-22-24-25-27-29-31-33-35-37-44(50)58-39-42(40-59-49-48(54)47(53)46(52)43(61-49)41-62(55,56)57)60-45(51)38-36-34-32-30-28-26-23-18-16-14-12-10-8-6-4-2/h11,13,17,19,21-22,25,27,32,34,42-43,46-49,52-54H,3-10,12,14-16,18,20,23-24,26,28-31,33,35-41H2,1-2H3,(H,55,56,57)/b13-11+,19-17+,22-21+,27-25+,34-32+/t42-,43-,46-,47?,48?,49+/m1/s1. The fourth-order valence-electron chi connectivity index (χ4n) is 6.85. The molecule has 6 atom stereocenters. The lowest BCUT2D eigenvalue weighted by Crippen LogP contribution is -2.60. The average molecular weight is 897 g/mol. The number of aliphatic hydroxyl groups excluding tert-OH is 3. The Morgan fingerprint density at radius 3 is 1.55 bits per heavy atom. The van der Waals surface area contributed by atoms with Crippen LogP contribution in [-0.2, 0) is 38.7 Å². The van der Waals surface area contributed by atoms with Crippen molar-refractivity contribution in [2.24, 2.45) is 0 Å². The van der Waals surface area contributed by atoms with E-state index in [1.165, 1.54) is 89.9 Å². The van der Waals surface area contributed by atoms with E-state index in [0.29, 0.717) is 12.8 Å². The van der Waals surface area contributed by atoms with Crippen molar-refractivity contribution in [3.05, 3.63) is 60.8 Å². The Morgan fingerprint density at radius 1 is 0.548 bits per heavy atom. The smallest absolute Gasteiger partial charge is 0.306 e. The van der Waals surface area contributed by atoms with Crippen LogP contribution in [-0.4, -0.2) is 96.0 Å². The molecule has 1 aliphatic rings. The summed E-state index contributed by atoms with van der Waals surface area (Å²) < 4.78 is 54.0. The Bertz CT molecular complexity index is 1370. The number of hydrogen-bond acceptors (Lipinski definition) is 11. The molecule has 358 valence electrons. The molecule has 2 unspecified atom stereocenters. The largest absolute Gasteiger partial charge is 0.462 e. The van der Waals surface area contributed by atoms with E-state index in [1.54, 1.807) is 0 Å². The van der Waals surface area contributed by atoms with Gasteiger partial charge in [-0.3, -0.25) is 14.1 Å². The highest BCUT2D eigenvalue weighted by Gasteiger charge is 2.46. The van der Waals surface area contributed by atoms with Crippen molar-refractivity contribution in [1.82, 2.24) is 0 Å². The first kappa shape index (κ1) is 57.4. The van der Waals surface area contributed by atoms with Crippen molar-refractivity contribution in [3.63, 3.8) is 0 Å². The highest BCUT2D eigenvalue weighted by atomic mass is 32.2. The molecule has 4 N–H and O–H groups in total. The van der Waals surface area contributed by atoms with Crippen LogP contribution in [0.3, 0.4) is 0 Å². The molecule has 0 aromatic rings. The molecule has 1 saturated heterocycles. The number of ether oxygens (including phenoxy) is 4. The minimum Gasteiger partial charge on any atom is -0.462 e. The fourth-order valence-corrected chi connectivity index (χ4v) is 7.54. The van der Waals surface area contributed by atoms with E-state index in [2.05, 4.69) is 68.5 Å². The summed E-state index contributed by atoms with van der Waals surface area (Å²) in [5.41, 5.74) is 0. The van der Waals surface area contributed by atoms with Gasteiger partial charge in [0.2, 0.25) is 0 Å². The summed E-state index contributed by atoms with van der Waals surface area (Å²) in [6.07, 6.45) is 38.4. The molecule has 0 radical (unpaired) electrons. The molecular formula is C49H84O12S. The monoisotopic (exact) mass is 897 g/mol. The third-order valence-corrected chi connectivity index (χ3v) is 11.3. The lowest BCUT2D eigenvalue weighted by molar-refractivity contribution is -0.297. The summed E-state index contributed by atoms with van der Waals surface area (Å²) in [5.74, 6) is -2.09. The van der Waals surface area contributed by atoms with E-state index in [4.69, 9.17) is 18.9 Å². The minimum atomic E-state index is -4.61. The molecule has 0 bridgehead atoms. The molecule has 0 aliphatic carbocycles. The number of allylic oxidation sites excluding steroid dienone is 10. The fraction of sp³-hybridized carbons (Fsp3) is 0.755. The third-order valence-electron chi connectivity index (χ3n) is 10.6. The lowest BCUT2D eigenvalue weighted by Gasteiger charge is -2.40. The van der Waals surface area contributed by atoms with Gasteiger partial charge in [-0.15, -0.1) is 0 Å². The molecule has 0 saturated carbocycles. The van der Waals surface area contributed by atoms with Crippen LogP contribution in [0.2, 0.25) is 0 Å². The van der Waals surface area contributed by atoms with Gasteiger partial charge in [0.1, 0.15) is 36.8 Å². The summed E-state index contributed by atoms with van der Waals surface area (Å²) in [6.45, 7) is 3.67. The van der Waals surface area contributed by atoms with Crippen molar-refractivity contribution in [1.29, 1.82) is 0 Å². The van der Waals surface area contributed by atoms with Crippen molar-refractivity contribution < 1.29 is 56.8 Å². The molecule has 12 nitrogen and oxygen atoms in total. The van der Waals surface area contributed by atoms with Gasteiger partial charge < -0.3 is 34.3 Å². The Morgan fingerprint density at radius 2 is 1.00 bits per heavy atom. The van der Waals surface area contributed by atoms with E-state index in [-0.39, 0.29) is 19.4 Å². The Kier molecular flexibility index (Phi) is 35.9. The zero-order valence-electron chi connectivity index (χ0n) is 38.2. The second-order valence-electron chi connectivity index (χ2n) is 16.4. The predicted octanol–water partition coefficient (Wildman–Crippen LogP) is 10.1. The first-order chi connectivity index (χ1) is 30.0. The third kappa shape index (κ3) is 32.9. The highest BCUT2D eigenvalue weighted by molar-refractivity contribution is 7.85. The summed E-state index contributed by atoms with van der Waals surface area (Å²) in [4.78, 5) is 25.4. The molecule has 0 aromatic carbocycles. The van der Waals surface area contributed by atoms with Crippen LogP contribution in [0.25, 0.3) is 0 Å². The van der Waals surface area contributed by atoms with Gasteiger partial charge in [0.25, 0.3) is 10.1 Å². The molecule has 1 heterocycles. The van der Waals surface area contributed by atoms with E-state index < -0.39 is 71.2 Å². The van der Waals surface area contributed by atoms with Gasteiger partial charge in [-0.1, -0.05) is 158 Å². The van der Waals surface area contributed by atoms with Crippen LogP contribution < -0.4 is 0 Å². The summed E-state index contributed by atoms with van der Waals surface area (Å²) in [7, 11) is -4.61. The van der Waals surface area contributed by atoms with E-state index in [9.17, 15) is 37.9 Å². The number of esters is 2. The summed E-state index contributed by atoms with van der Waals surface area (Å²) >= 11 is 0. The first-order valence-corrected chi connectivity index (χ1v) is 25.5. The van der Waals surface area contributed by atoms with Crippen LogP contribution >= 0.6 is 0 Å². The van der Waals surface area contributed by atoms with Crippen molar-refractivity contribution in [2.75, 3.05) is 19.0 Å². The Labute approximate surface area is 375 Å². The Hall–Kier alpha value is -2.65. The molecule has 13 heteroatoms. The number of carbonyl (C=O) groups excluding carboxylic acids is 2. The molecule has 0 aromatic heterocycles. The molecular weight excluding hydrogens is 813 g/mol. The predicted molar refractivity (Wildman–Crippen MR) is 247 cm³/mol. The number of carbonyl (C=O) groups is 2. The van der Waals surface area contributed by atoms with E-state index in [1.807, 2.05) is 6.08 Å². The Balaban J connectivity index is 2.47. The molecule has 1 rings (SSSR count).